The first-order chi connectivity index (χ1) is 5.24. The van der Waals surface area contributed by atoms with Gasteiger partial charge in [0.2, 0.25) is 5.91 Å². The van der Waals surface area contributed by atoms with Crippen LogP contribution in [0.5, 0.6) is 0 Å². The number of hydrogen-bond acceptors (Lipinski definition) is 3. The molecule has 0 aromatic carbocycles. The molecule has 1 unspecified atom stereocenters. The molecule has 1 aliphatic rings. The third kappa shape index (κ3) is 2.97. The van der Waals surface area contributed by atoms with Crippen molar-refractivity contribution in [2.45, 2.75) is 13.2 Å². The van der Waals surface area contributed by atoms with Crippen molar-refractivity contribution in [3.63, 3.8) is 0 Å². The maximum Gasteiger partial charge on any atom is 0.219 e. The lowest BCUT2D eigenvalue weighted by Crippen LogP contribution is -2.49. The van der Waals surface area contributed by atoms with Crippen LogP contribution in [-0.2, 0) is 9.53 Å². The maximum atomic E-state index is 10.9. The van der Waals surface area contributed by atoms with Crippen molar-refractivity contribution in [2.75, 3.05) is 26.7 Å². The van der Waals surface area contributed by atoms with Crippen molar-refractivity contribution < 1.29 is 9.53 Å². The fourth-order valence-electron chi connectivity index (χ4n) is 1.11. The topological polar surface area (TPSA) is 41.6 Å². The van der Waals surface area contributed by atoms with Crippen LogP contribution in [0.25, 0.3) is 0 Å². The third-order valence-electron chi connectivity index (χ3n) is 1.83. The molecule has 5 heteroatoms. The molecule has 72 valence electrons. The molecule has 1 atom stereocenters. The Balaban J connectivity index is 0.00000121. The molecule has 1 amide bonds. The van der Waals surface area contributed by atoms with E-state index in [0.717, 1.165) is 0 Å². The van der Waals surface area contributed by atoms with Crippen molar-refractivity contribution >= 4 is 18.3 Å². The molecule has 1 aliphatic heterocycles. The molecule has 0 bridgehead atoms. The quantitative estimate of drug-likeness (QED) is 0.631. The summed E-state index contributed by atoms with van der Waals surface area (Å²) in [5.74, 6) is 0.119. The van der Waals surface area contributed by atoms with Crippen LogP contribution < -0.4 is 5.32 Å². The molecular formula is C7H15ClN2O2. The summed E-state index contributed by atoms with van der Waals surface area (Å²) in [5, 5.41) is 2.97. The number of rotatable bonds is 1. The highest BCUT2D eigenvalue weighted by Gasteiger charge is 2.19. The van der Waals surface area contributed by atoms with Crippen LogP contribution >= 0.6 is 12.4 Å². The molecule has 0 aromatic rings. The van der Waals surface area contributed by atoms with E-state index in [1.807, 2.05) is 7.05 Å². The summed E-state index contributed by atoms with van der Waals surface area (Å²) >= 11 is 0. The summed E-state index contributed by atoms with van der Waals surface area (Å²) in [6, 6.07) is 0. The molecule has 0 radical (unpaired) electrons. The van der Waals surface area contributed by atoms with Gasteiger partial charge in [-0.15, -0.1) is 12.4 Å². The highest BCUT2D eigenvalue weighted by atomic mass is 35.5. The zero-order valence-corrected chi connectivity index (χ0v) is 8.19. The Morgan fingerprint density at radius 2 is 2.33 bits per heavy atom. The molecule has 4 nitrogen and oxygen atoms in total. The number of ether oxygens (including phenoxy) is 1. The number of amides is 1. The number of likely N-dealkylation sites (N-methyl/N-ethyl adjacent to an activating group) is 1. The van der Waals surface area contributed by atoms with Gasteiger partial charge < -0.3 is 9.64 Å². The fraction of sp³-hybridized carbons (Fsp3) is 0.857. The van der Waals surface area contributed by atoms with E-state index in [-0.39, 0.29) is 24.5 Å². The van der Waals surface area contributed by atoms with Gasteiger partial charge in [-0.2, -0.15) is 0 Å². The Kier molecular flexibility index (Phi) is 5.20. The van der Waals surface area contributed by atoms with Crippen LogP contribution in [0.2, 0.25) is 0 Å². The first-order valence-corrected chi connectivity index (χ1v) is 3.78. The number of nitrogens with zero attached hydrogens (tertiary/aromatic N) is 1. The van der Waals surface area contributed by atoms with E-state index in [0.29, 0.717) is 19.7 Å². The van der Waals surface area contributed by atoms with E-state index in [4.69, 9.17) is 4.74 Å². The minimum absolute atomic E-state index is 0. The lowest BCUT2D eigenvalue weighted by molar-refractivity contribution is -0.137. The summed E-state index contributed by atoms with van der Waals surface area (Å²) in [6.07, 6.45) is 0.00708. The Morgan fingerprint density at radius 1 is 1.67 bits per heavy atom. The molecule has 1 saturated heterocycles. The Hall–Kier alpha value is -0.320. The zero-order valence-electron chi connectivity index (χ0n) is 7.37. The molecule has 12 heavy (non-hydrogen) atoms. The van der Waals surface area contributed by atoms with Crippen LogP contribution in [0.3, 0.4) is 0 Å². The predicted molar refractivity (Wildman–Crippen MR) is 48.3 cm³/mol. The second kappa shape index (κ2) is 5.35. The number of carbonyl (C=O) groups is 1. The van der Waals surface area contributed by atoms with E-state index in [1.165, 1.54) is 0 Å². The van der Waals surface area contributed by atoms with Crippen molar-refractivity contribution in [1.29, 1.82) is 0 Å². The van der Waals surface area contributed by atoms with E-state index in [9.17, 15) is 4.79 Å². The number of carbonyl (C=O) groups excluding carboxylic acids is 1. The van der Waals surface area contributed by atoms with Crippen LogP contribution in [0.4, 0.5) is 0 Å². The molecule has 1 fully saturated rings. The zero-order chi connectivity index (χ0) is 8.27. The van der Waals surface area contributed by atoms with Gasteiger partial charge in [0.05, 0.1) is 13.2 Å². The number of halogens is 1. The van der Waals surface area contributed by atoms with Gasteiger partial charge in [-0.1, -0.05) is 0 Å². The van der Waals surface area contributed by atoms with Gasteiger partial charge in [0.25, 0.3) is 0 Å². The molecule has 1 N–H and O–H groups in total. The van der Waals surface area contributed by atoms with E-state index in [2.05, 4.69) is 5.32 Å². The molecule has 0 aliphatic carbocycles. The van der Waals surface area contributed by atoms with Crippen molar-refractivity contribution in [2.24, 2.45) is 0 Å². The Bertz CT molecular complexity index is 154. The summed E-state index contributed by atoms with van der Waals surface area (Å²) in [5.41, 5.74) is 0. The van der Waals surface area contributed by atoms with Crippen molar-refractivity contribution in [3.8, 4) is 0 Å². The van der Waals surface area contributed by atoms with Gasteiger partial charge in [0.1, 0.15) is 6.23 Å². The monoisotopic (exact) mass is 194 g/mol. The largest absolute Gasteiger partial charge is 0.360 e. The highest BCUT2D eigenvalue weighted by Crippen LogP contribution is 2.01. The van der Waals surface area contributed by atoms with Gasteiger partial charge in [-0.25, -0.2) is 0 Å². The number of hydrogen-bond donors (Lipinski definition) is 1. The highest BCUT2D eigenvalue weighted by molar-refractivity contribution is 5.85. The van der Waals surface area contributed by atoms with Gasteiger partial charge in [-0.05, 0) is 7.05 Å². The minimum Gasteiger partial charge on any atom is -0.360 e. The smallest absolute Gasteiger partial charge is 0.219 e. The lowest BCUT2D eigenvalue weighted by Gasteiger charge is -2.31. The van der Waals surface area contributed by atoms with Crippen molar-refractivity contribution in [1.82, 2.24) is 10.2 Å². The number of nitrogens with one attached hydrogen (secondary N) is 1. The van der Waals surface area contributed by atoms with Gasteiger partial charge >= 0.3 is 0 Å². The molecule has 0 spiro atoms. The second-order valence-electron chi connectivity index (χ2n) is 2.61. The second-order valence-corrected chi connectivity index (χ2v) is 2.61. The van der Waals surface area contributed by atoms with Crippen LogP contribution in [-0.4, -0.2) is 43.8 Å². The summed E-state index contributed by atoms with van der Waals surface area (Å²) in [7, 11) is 1.83. The van der Waals surface area contributed by atoms with E-state index >= 15 is 0 Å². The van der Waals surface area contributed by atoms with Crippen LogP contribution in [0, 0.1) is 0 Å². The van der Waals surface area contributed by atoms with Gasteiger partial charge in [0.15, 0.2) is 0 Å². The molecule has 0 aromatic heterocycles. The maximum absolute atomic E-state index is 10.9. The SMILES string of the molecule is CNC1CN(C(C)=O)CCO1.Cl. The van der Waals surface area contributed by atoms with Crippen molar-refractivity contribution in [3.05, 3.63) is 0 Å². The fourth-order valence-corrected chi connectivity index (χ4v) is 1.11. The average Bonchev–Trinajstić information content (AvgIpc) is 2.05. The normalized spacial score (nSPS) is 23.2. The van der Waals surface area contributed by atoms with Gasteiger partial charge in [-0.3, -0.25) is 10.1 Å². The Morgan fingerprint density at radius 3 is 2.83 bits per heavy atom. The summed E-state index contributed by atoms with van der Waals surface area (Å²) < 4.78 is 5.30. The summed E-state index contributed by atoms with van der Waals surface area (Å²) in [4.78, 5) is 12.7. The van der Waals surface area contributed by atoms with Crippen LogP contribution in [0.15, 0.2) is 0 Å². The number of morpholine rings is 1. The predicted octanol–water partition coefficient (Wildman–Crippen LogP) is -0.168. The Labute approximate surface area is 78.7 Å². The molecule has 0 saturated carbocycles. The third-order valence-corrected chi connectivity index (χ3v) is 1.83. The molecular weight excluding hydrogens is 180 g/mol. The van der Waals surface area contributed by atoms with Gasteiger partial charge in [0, 0.05) is 13.5 Å². The van der Waals surface area contributed by atoms with Crippen LogP contribution in [0.1, 0.15) is 6.92 Å². The van der Waals surface area contributed by atoms with E-state index in [1.54, 1.807) is 11.8 Å². The van der Waals surface area contributed by atoms with E-state index < -0.39 is 0 Å². The minimum atomic E-state index is 0. The first-order valence-electron chi connectivity index (χ1n) is 3.78. The molecule has 1 rings (SSSR count). The summed E-state index contributed by atoms with van der Waals surface area (Å²) in [6.45, 7) is 3.59. The first kappa shape index (κ1) is 11.7. The average molecular weight is 195 g/mol. The lowest BCUT2D eigenvalue weighted by atomic mass is 10.4. The standard InChI is InChI=1S/C7H14N2O2.ClH/c1-6(10)9-3-4-11-7(5-9)8-2;/h7-8H,3-5H2,1-2H3;1H. The molecule has 1 heterocycles.